The van der Waals surface area contributed by atoms with Gasteiger partial charge in [-0.25, -0.2) is 0 Å². The summed E-state index contributed by atoms with van der Waals surface area (Å²) in [6.07, 6.45) is 1.64. The largest absolute Gasteiger partial charge is 0.497 e. The van der Waals surface area contributed by atoms with Crippen molar-refractivity contribution in [3.05, 3.63) is 22.7 Å². The van der Waals surface area contributed by atoms with Gasteiger partial charge in [-0.1, -0.05) is 0 Å². The third kappa shape index (κ3) is 2.21. The van der Waals surface area contributed by atoms with Crippen LogP contribution in [0.15, 0.2) is 22.7 Å². The molecule has 0 spiro atoms. The zero-order chi connectivity index (χ0) is 15.1. The molecule has 1 aromatic carbocycles. The number of carbonyl (C=O) groups excluding carboxylic acids is 2. The smallest absolute Gasteiger partial charge is 0.250 e. The summed E-state index contributed by atoms with van der Waals surface area (Å²) in [6, 6.07) is 4.63. The van der Waals surface area contributed by atoms with Gasteiger partial charge in [-0.05, 0) is 47.8 Å². The number of methoxy groups -OCH3 is 1. The van der Waals surface area contributed by atoms with Crippen molar-refractivity contribution in [3.8, 4) is 5.75 Å². The van der Waals surface area contributed by atoms with Gasteiger partial charge in [0.15, 0.2) is 0 Å². The summed E-state index contributed by atoms with van der Waals surface area (Å²) in [4.78, 5) is 28.6. The van der Waals surface area contributed by atoms with Gasteiger partial charge in [-0.3, -0.25) is 14.5 Å². The fourth-order valence-corrected chi connectivity index (χ4v) is 3.56. The molecule has 2 unspecified atom stereocenters. The fraction of sp³-hybridized carbons (Fsp3) is 0.467. The topological polar surface area (TPSA) is 49.9 Å². The molecule has 2 aliphatic heterocycles. The van der Waals surface area contributed by atoms with E-state index in [1.54, 1.807) is 29.9 Å². The van der Waals surface area contributed by atoms with Gasteiger partial charge in [-0.2, -0.15) is 0 Å². The van der Waals surface area contributed by atoms with E-state index in [2.05, 4.69) is 15.9 Å². The Morgan fingerprint density at radius 1 is 1.29 bits per heavy atom. The highest BCUT2D eigenvalue weighted by atomic mass is 79.9. The Balaban J connectivity index is 2.04. The fourth-order valence-electron chi connectivity index (χ4n) is 3.12. The second-order valence-electron chi connectivity index (χ2n) is 5.39. The SMILES string of the molecule is COc1ccc(Br)c(N2C(=O)C3CCCN3C(=O)C2C)c1. The third-order valence-electron chi connectivity index (χ3n) is 4.22. The van der Waals surface area contributed by atoms with E-state index in [1.807, 2.05) is 12.1 Å². The molecule has 2 aliphatic rings. The monoisotopic (exact) mass is 352 g/mol. The molecule has 0 aromatic heterocycles. The van der Waals surface area contributed by atoms with Crippen molar-refractivity contribution in [2.24, 2.45) is 0 Å². The first-order valence-electron chi connectivity index (χ1n) is 7.01. The first-order valence-corrected chi connectivity index (χ1v) is 7.81. The highest BCUT2D eigenvalue weighted by Gasteiger charge is 2.46. The van der Waals surface area contributed by atoms with Gasteiger partial charge in [0.1, 0.15) is 17.8 Å². The van der Waals surface area contributed by atoms with Crippen molar-refractivity contribution in [1.82, 2.24) is 4.90 Å². The van der Waals surface area contributed by atoms with Gasteiger partial charge < -0.3 is 9.64 Å². The molecule has 2 fully saturated rings. The first kappa shape index (κ1) is 14.4. The molecule has 1 aromatic rings. The maximum atomic E-state index is 12.8. The second-order valence-corrected chi connectivity index (χ2v) is 6.25. The predicted molar refractivity (Wildman–Crippen MR) is 82.4 cm³/mol. The summed E-state index contributed by atoms with van der Waals surface area (Å²) in [5, 5.41) is 0. The van der Waals surface area contributed by atoms with Crippen LogP contribution in [0.4, 0.5) is 5.69 Å². The molecule has 6 heteroatoms. The lowest BCUT2D eigenvalue weighted by Crippen LogP contribution is -2.62. The van der Waals surface area contributed by atoms with Crippen molar-refractivity contribution in [1.29, 1.82) is 0 Å². The minimum absolute atomic E-state index is 0.00597. The van der Waals surface area contributed by atoms with Crippen LogP contribution in [0.25, 0.3) is 0 Å². The average Bonchev–Trinajstić information content (AvgIpc) is 2.97. The first-order chi connectivity index (χ1) is 10.0. The molecule has 3 rings (SSSR count). The van der Waals surface area contributed by atoms with Gasteiger partial charge >= 0.3 is 0 Å². The lowest BCUT2D eigenvalue weighted by Gasteiger charge is -2.41. The van der Waals surface area contributed by atoms with Crippen molar-refractivity contribution < 1.29 is 14.3 Å². The number of fused-ring (bicyclic) bond motifs is 1. The van der Waals surface area contributed by atoms with Gasteiger partial charge in [0, 0.05) is 17.1 Å². The molecule has 5 nitrogen and oxygen atoms in total. The normalized spacial score (nSPS) is 25.3. The quantitative estimate of drug-likeness (QED) is 0.819. The van der Waals surface area contributed by atoms with Crippen LogP contribution in [0.5, 0.6) is 5.75 Å². The van der Waals surface area contributed by atoms with Crippen molar-refractivity contribution in [3.63, 3.8) is 0 Å². The number of rotatable bonds is 2. The lowest BCUT2D eigenvalue weighted by molar-refractivity contribution is -0.143. The van der Waals surface area contributed by atoms with E-state index in [4.69, 9.17) is 4.74 Å². The number of nitrogens with zero attached hydrogens (tertiary/aromatic N) is 2. The van der Waals surface area contributed by atoms with Crippen LogP contribution < -0.4 is 9.64 Å². The van der Waals surface area contributed by atoms with Crippen LogP contribution in [0.1, 0.15) is 19.8 Å². The predicted octanol–water partition coefficient (Wildman–Crippen LogP) is 2.18. The Bertz CT molecular complexity index is 605. The molecule has 2 atom stereocenters. The zero-order valence-electron chi connectivity index (χ0n) is 12.0. The maximum Gasteiger partial charge on any atom is 0.250 e. The Morgan fingerprint density at radius 3 is 2.76 bits per heavy atom. The van der Waals surface area contributed by atoms with Crippen LogP contribution in [0, 0.1) is 0 Å². The standard InChI is InChI=1S/C15H17BrN2O3/c1-9-14(19)17-7-3-4-12(17)15(20)18(9)13-8-10(21-2)5-6-11(13)16/h5-6,8-9,12H,3-4,7H2,1-2H3. The summed E-state index contributed by atoms with van der Waals surface area (Å²) in [7, 11) is 1.58. The Kier molecular flexibility index (Phi) is 3.65. The van der Waals surface area contributed by atoms with Crippen LogP contribution in [0.2, 0.25) is 0 Å². The van der Waals surface area contributed by atoms with E-state index in [0.717, 1.165) is 17.3 Å². The van der Waals surface area contributed by atoms with Crippen molar-refractivity contribution >= 4 is 33.4 Å². The number of carbonyl (C=O) groups is 2. The molecule has 0 N–H and O–H groups in total. The number of anilines is 1. The van der Waals surface area contributed by atoms with Gasteiger partial charge in [0.2, 0.25) is 5.91 Å². The lowest BCUT2D eigenvalue weighted by atomic mass is 10.0. The summed E-state index contributed by atoms with van der Waals surface area (Å²) in [5.74, 6) is 0.676. The number of ether oxygens (including phenoxy) is 1. The van der Waals surface area contributed by atoms with E-state index in [9.17, 15) is 9.59 Å². The second kappa shape index (κ2) is 5.33. The Hall–Kier alpha value is -1.56. The number of amides is 2. The molecular weight excluding hydrogens is 336 g/mol. The highest BCUT2D eigenvalue weighted by Crippen LogP contribution is 2.36. The zero-order valence-corrected chi connectivity index (χ0v) is 13.6. The molecule has 112 valence electrons. The molecule has 0 radical (unpaired) electrons. The molecular formula is C15H17BrN2O3. The minimum Gasteiger partial charge on any atom is -0.497 e. The number of piperazine rings is 1. The number of hydrogen-bond donors (Lipinski definition) is 0. The van der Waals surface area contributed by atoms with E-state index in [1.165, 1.54) is 0 Å². The summed E-state index contributed by atoms with van der Waals surface area (Å²) < 4.78 is 6.01. The molecule has 2 heterocycles. The molecule has 2 saturated heterocycles. The van der Waals surface area contributed by atoms with Gasteiger partial charge in [0.05, 0.1) is 12.8 Å². The summed E-state index contributed by atoms with van der Waals surface area (Å²) in [6.45, 7) is 2.47. The molecule has 0 aliphatic carbocycles. The summed E-state index contributed by atoms with van der Waals surface area (Å²) in [5.41, 5.74) is 0.687. The van der Waals surface area contributed by atoms with Crippen LogP contribution in [-0.4, -0.2) is 42.5 Å². The van der Waals surface area contributed by atoms with E-state index in [-0.39, 0.29) is 17.9 Å². The molecule has 0 saturated carbocycles. The highest BCUT2D eigenvalue weighted by molar-refractivity contribution is 9.10. The Morgan fingerprint density at radius 2 is 2.05 bits per heavy atom. The summed E-state index contributed by atoms with van der Waals surface area (Å²) >= 11 is 3.47. The molecule has 2 amide bonds. The molecule has 21 heavy (non-hydrogen) atoms. The third-order valence-corrected chi connectivity index (χ3v) is 4.89. The maximum absolute atomic E-state index is 12.8. The van der Waals surface area contributed by atoms with Gasteiger partial charge in [0.25, 0.3) is 5.91 Å². The van der Waals surface area contributed by atoms with E-state index >= 15 is 0 Å². The van der Waals surface area contributed by atoms with E-state index in [0.29, 0.717) is 18.0 Å². The van der Waals surface area contributed by atoms with E-state index < -0.39 is 6.04 Å². The minimum atomic E-state index is -0.491. The van der Waals surface area contributed by atoms with Gasteiger partial charge in [-0.15, -0.1) is 0 Å². The van der Waals surface area contributed by atoms with Crippen LogP contribution >= 0.6 is 15.9 Å². The van der Waals surface area contributed by atoms with Crippen LogP contribution in [0.3, 0.4) is 0 Å². The average molecular weight is 353 g/mol. The Labute approximate surface area is 132 Å². The number of halogens is 1. The van der Waals surface area contributed by atoms with Crippen LogP contribution in [-0.2, 0) is 9.59 Å². The van der Waals surface area contributed by atoms with Crippen molar-refractivity contribution in [2.45, 2.75) is 31.8 Å². The number of hydrogen-bond acceptors (Lipinski definition) is 3. The van der Waals surface area contributed by atoms with Crippen molar-refractivity contribution in [2.75, 3.05) is 18.6 Å². The molecule has 0 bridgehead atoms. The number of benzene rings is 1.